The lowest BCUT2D eigenvalue weighted by Gasteiger charge is -2.32. The van der Waals surface area contributed by atoms with Crippen molar-refractivity contribution in [2.24, 2.45) is 0 Å². The van der Waals surface area contributed by atoms with Crippen molar-refractivity contribution in [3.63, 3.8) is 0 Å². The minimum atomic E-state index is -0.584. The van der Waals surface area contributed by atoms with Gasteiger partial charge >= 0.3 is 0 Å². The van der Waals surface area contributed by atoms with Crippen LogP contribution in [0.2, 0.25) is 0 Å². The number of nitrogens with one attached hydrogen (secondary N) is 1. The molecule has 7 heteroatoms. The summed E-state index contributed by atoms with van der Waals surface area (Å²) in [6.45, 7) is 4.05. The summed E-state index contributed by atoms with van der Waals surface area (Å²) in [6.07, 6.45) is 0.502. The molecule has 0 spiro atoms. The largest absolute Gasteiger partial charge is 0.479 e. The number of carbonyl (C=O) groups is 2. The van der Waals surface area contributed by atoms with Gasteiger partial charge in [-0.25, -0.2) is 0 Å². The van der Waals surface area contributed by atoms with Gasteiger partial charge in [-0.1, -0.05) is 48.5 Å². The van der Waals surface area contributed by atoms with Crippen molar-refractivity contribution in [3.05, 3.63) is 60.2 Å². The van der Waals surface area contributed by atoms with Crippen LogP contribution in [0.15, 0.2) is 59.1 Å². The van der Waals surface area contributed by atoms with Crippen LogP contribution in [0.4, 0.5) is 11.6 Å². The van der Waals surface area contributed by atoms with E-state index in [4.69, 9.17) is 9.26 Å². The molecule has 1 aliphatic heterocycles. The zero-order chi connectivity index (χ0) is 21.1. The SMILES string of the molecule is CCc1ccc(-c2cc(NC(=O)CCN3C(=O)C(C)Oc4ccccc43)on2)cc1. The molecule has 1 unspecified atom stereocenters. The van der Waals surface area contributed by atoms with Crippen molar-refractivity contribution in [2.45, 2.75) is 32.8 Å². The van der Waals surface area contributed by atoms with Crippen LogP contribution in [0.5, 0.6) is 5.75 Å². The monoisotopic (exact) mass is 405 g/mol. The molecule has 2 amide bonds. The third-order valence-corrected chi connectivity index (χ3v) is 5.07. The Morgan fingerprint density at radius 2 is 1.93 bits per heavy atom. The molecule has 1 aromatic heterocycles. The molecule has 0 saturated heterocycles. The quantitative estimate of drug-likeness (QED) is 0.669. The van der Waals surface area contributed by atoms with Crippen LogP contribution in [0.25, 0.3) is 11.3 Å². The van der Waals surface area contributed by atoms with Gasteiger partial charge in [0.1, 0.15) is 11.4 Å². The molecule has 30 heavy (non-hydrogen) atoms. The van der Waals surface area contributed by atoms with E-state index in [2.05, 4.69) is 17.4 Å². The molecule has 2 heterocycles. The summed E-state index contributed by atoms with van der Waals surface area (Å²) in [7, 11) is 0. The summed E-state index contributed by atoms with van der Waals surface area (Å²) in [5.41, 5.74) is 3.48. The van der Waals surface area contributed by atoms with Crippen LogP contribution in [0.3, 0.4) is 0 Å². The number of aryl methyl sites for hydroxylation is 1. The Hall–Kier alpha value is -3.61. The number of rotatable bonds is 6. The van der Waals surface area contributed by atoms with Crippen molar-refractivity contribution < 1.29 is 18.8 Å². The lowest BCUT2D eigenvalue weighted by molar-refractivity contribution is -0.125. The van der Waals surface area contributed by atoms with Gasteiger partial charge < -0.3 is 14.2 Å². The van der Waals surface area contributed by atoms with Crippen molar-refractivity contribution in [3.8, 4) is 17.0 Å². The number of ether oxygens (including phenoxy) is 1. The van der Waals surface area contributed by atoms with E-state index in [1.165, 1.54) is 5.56 Å². The Balaban J connectivity index is 1.38. The molecule has 1 aliphatic rings. The van der Waals surface area contributed by atoms with E-state index in [1.807, 2.05) is 48.5 Å². The first-order valence-corrected chi connectivity index (χ1v) is 9.98. The number of fused-ring (bicyclic) bond motifs is 1. The van der Waals surface area contributed by atoms with Crippen LogP contribution < -0.4 is 15.0 Å². The van der Waals surface area contributed by atoms with Crippen LogP contribution in [-0.2, 0) is 16.0 Å². The lowest BCUT2D eigenvalue weighted by atomic mass is 10.1. The van der Waals surface area contributed by atoms with E-state index in [1.54, 1.807) is 17.9 Å². The molecule has 0 saturated carbocycles. The number of hydrogen-bond acceptors (Lipinski definition) is 5. The molecule has 0 bridgehead atoms. The van der Waals surface area contributed by atoms with Gasteiger partial charge in [0.2, 0.25) is 11.8 Å². The zero-order valence-corrected chi connectivity index (χ0v) is 16.9. The second-order valence-electron chi connectivity index (χ2n) is 7.14. The average molecular weight is 405 g/mol. The van der Waals surface area contributed by atoms with Crippen LogP contribution in [-0.4, -0.2) is 29.6 Å². The van der Waals surface area contributed by atoms with E-state index in [-0.39, 0.29) is 30.7 Å². The third kappa shape index (κ3) is 4.05. The number of para-hydroxylation sites is 2. The van der Waals surface area contributed by atoms with E-state index in [0.29, 0.717) is 17.1 Å². The molecule has 4 rings (SSSR count). The third-order valence-electron chi connectivity index (χ3n) is 5.07. The summed E-state index contributed by atoms with van der Waals surface area (Å²) >= 11 is 0. The smallest absolute Gasteiger partial charge is 0.267 e. The maximum atomic E-state index is 12.5. The Bertz CT molecular complexity index is 1060. The van der Waals surface area contributed by atoms with Crippen molar-refractivity contribution >= 4 is 23.4 Å². The zero-order valence-electron chi connectivity index (χ0n) is 16.9. The number of amides is 2. The molecule has 1 N–H and O–H groups in total. The van der Waals surface area contributed by atoms with Gasteiger partial charge in [-0.2, -0.15) is 0 Å². The first-order chi connectivity index (χ1) is 14.5. The van der Waals surface area contributed by atoms with Crippen LogP contribution >= 0.6 is 0 Å². The van der Waals surface area contributed by atoms with Gasteiger partial charge in [-0.15, -0.1) is 0 Å². The Labute approximate surface area is 174 Å². The number of aromatic nitrogens is 1. The standard InChI is InChI=1S/C23H23N3O4/c1-3-16-8-10-17(11-9-16)18-14-22(30-25-18)24-21(27)12-13-26-19-6-4-5-7-20(19)29-15(2)23(26)28/h4-11,14-15H,3,12-13H2,1-2H3,(H,24,27). The average Bonchev–Trinajstić information content (AvgIpc) is 3.22. The highest BCUT2D eigenvalue weighted by atomic mass is 16.5. The second kappa shape index (κ2) is 8.41. The molecular formula is C23H23N3O4. The predicted molar refractivity (Wildman–Crippen MR) is 113 cm³/mol. The number of nitrogens with zero attached hydrogens (tertiary/aromatic N) is 2. The predicted octanol–water partition coefficient (Wildman–Crippen LogP) is 4.05. The van der Waals surface area contributed by atoms with Gasteiger partial charge in [-0.3, -0.25) is 14.9 Å². The topological polar surface area (TPSA) is 84.7 Å². The summed E-state index contributed by atoms with van der Waals surface area (Å²) < 4.78 is 10.9. The highest BCUT2D eigenvalue weighted by Crippen LogP contribution is 2.33. The minimum Gasteiger partial charge on any atom is -0.479 e. The van der Waals surface area contributed by atoms with Crippen molar-refractivity contribution in [1.29, 1.82) is 0 Å². The van der Waals surface area contributed by atoms with Crippen LogP contribution in [0.1, 0.15) is 25.8 Å². The van der Waals surface area contributed by atoms with Gasteiger partial charge in [0.15, 0.2) is 6.10 Å². The summed E-state index contributed by atoms with van der Waals surface area (Å²) in [4.78, 5) is 26.5. The molecule has 1 atom stereocenters. The number of benzene rings is 2. The van der Waals surface area contributed by atoms with E-state index < -0.39 is 6.10 Å². The van der Waals surface area contributed by atoms with E-state index in [9.17, 15) is 9.59 Å². The maximum Gasteiger partial charge on any atom is 0.267 e. The fraction of sp³-hybridized carbons (Fsp3) is 0.261. The van der Waals surface area contributed by atoms with Crippen LogP contribution in [0, 0.1) is 0 Å². The first kappa shape index (κ1) is 19.7. The number of anilines is 2. The summed E-state index contributed by atoms with van der Waals surface area (Å²) in [5.74, 6) is 0.484. The highest BCUT2D eigenvalue weighted by Gasteiger charge is 2.31. The normalized spacial score (nSPS) is 15.5. The molecule has 0 fully saturated rings. The van der Waals surface area contributed by atoms with Crippen molar-refractivity contribution in [1.82, 2.24) is 5.16 Å². The molecule has 0 radical (unpaired) electrons. The molecular weight excluding hydrogens is 382 g/mol. The Kier molecular flexibility index (Phi) is 5.52. The van der Waals surface area contributed by atoms with Gasteiger partial charge in [0.05, 0.1) is 5.69 Å². The summed E-state index contributed by atoms with van der Waals surface area (Å²) in [6, 6.07) is 17.0. The molecule has 0 aliphatic carbocycles. The number of hydrogen-bond donors (Lipinski definition) is 1. The molecule has 2 aromatic carbocycles. The number of carbonyl (C=O) groups excluding carboxylic acids is 2. The Morgan fingerprint density at radius 1 is 1.17 bits per heavy atom. The molecule has 154 valence electrons. The minimum absolute atomic E-state index is 0.119. The van der Waals surface area contributed by atoms with Gasteiger partial charge in [0.25, 0.3) is 5.91 Å². The second-order valence-corrected chi connectivity index (χ2v) is 7.14. The van der Waals surface area contributed by atoms with Gasteiger partial charge in [-0.05, 0) is 31.0 Å². The van der Waals surface area contributed by atoms with E-state index in [0.717, 1.165) is 12.0 Å². The Morgan fingerprint density at radius 3 is 2.70 bits per heavy atom. The summed E-state index contributed by atoms with van der Waals surface area (Å²) in [5, 5.41) is 6.73. The molecule has 3 aromatic rings. The van der Waals surface area contributed by atoms with Gasteiger partial charge in [0, 0.05) is 24.6 Å². The van der Waals surface area contributed by atoms with Crippen molar-refractivity contribution in [2.75, 3.05) is 16.8 Å². The molecule has 7 nitrogen and oxygen atoms in total. The maximum absolute atomic E-state index is 12.5. The lowest BCUT2D eigenvalue weighted by Crippen LogP contribution is -2.45. The highest BCUT2D eigenvalue weighted by molar-refractivity contribution is 6.00. The fourth-order valence-corrected chi connectivity index (χ4v) is 3.38. The fourth-order valence-electron chi connectivity index (χ4n) is 3.38. The first-order valence-electron chi connectivity index (χ1n) is 9.98. The van der Waals surface area contributed by atoms with E-state index >= 15 is 0 Å².